The maximum Gasteiger partial charge on any atom is 0.315 e. The summed E-state index contributed by atoms with van der Waals surface area (Å²) < 4.78 is 5.77. The lowest BCUT2D eigenvalue weighted by Crippen LogP contribution is -2.15. The smallest absolute Gasteiger partial charge is 0.315 e. The number of fused-ring (bicyclic) bond motifs is 1. The van der Waals surface area contributed by atoms with Gasteiger partial charge in [0.2, 0.25) is 5.89 Å². The third-order valence-electron chi connectivity index (χ3n) is 5.04. The van der Waals surface area contributed by atoms with Crippen LogP contribution in [0.15, 0.2) is 47.3 Å². The third-order valence-corrected chi connectivity index (χ3v) is 5.04. The van der Waals surface area contributed by atoms with Crippen LogP contribution < -0.4 is 10.6 Å². The molecule has 1 fully saturated rings. The summed E-state index contributed by atoms with van der Waals surface area (Å²) in [6.07, 6.45) is 8.43. The molecule has 0 spiro atoms. The van der Waals surface area contributed by atoms with Crippen molar-refractivity contribution in [1.82, 2.24) is 25.5 Å². The molecule has 1 aliphatic carbocycles. The van der Waals surface area contributed by atoms with Gasteiger partial charge in [0.15, 0.2) is 0 Å². The van der Waals surface area contributed by atoms with Crippen molar-refractivity contribution in [2.45, 2.75) is 45.3 Å². The van der Waals surface area contributed by atoms with Crippen molar-refractivity contribution >= 4 is 16.9 Å². The Bertz CT molecular complexity index is 1140. The molecule has 0 radical (unpaired) electrons. The van der Waals surface area contributed by atoms with E-state index in [0.29, 0.717) is 17.9 Å². The van der Waals surface area contributed by atoms with E-state index in [0.717, 1.165) is 34.1 Å². The standard InChI is InChI=1S/C22H24N6O/c1-13(2)26-22-28-27-21(29-22)15-3-6-20-18(8-15)19(12-25-20)16-7-14(9-23-11-16)10-24-17-4-5-17/h3,6-9,11-13,17,24-25H,4-5,10H2,1-2H3,(H,26,28). The third kappa shape index (κ3) is 3.86. The monoisotopic (exact) mass is 388 g/mol. The van der Waals surface area contributed by atoms with Crippen LogP contribution in [0.5, 0.6) is 0 Å². The number of aromatic nitrogens is 4. The summed E-state index contributed by atoms with van der Waals surface area (Å²) in [6.45, 7) is 4.92. The maximum atomic E-state index is 5.77. The summed E-state index contributed by atoms with van der Waals surface area (Å²) in [4.78, 5) is 7.81. The molecule has 3 aromatic heterocycles. The molecule has 3 heterocycles. The largest absolute Gasteiger partial charge is 0.403 e. The molecule has 0 aliphatic heterocycles. The van der Waals surface area contributed by atoms with Crippen molar-refractivity contribution in [2.75, 3.05) is 5.32 Å². The van der Waals surface area contributed by atoms with Gasteiger partial charge in [0.1, 0.15) is 0 Å². The highest BCUT2D eigenvalue weighted by Crippen LogP contribution is 2.32. The summed E-state index contributed by atoms with van der Waals surface area (Å²) in [5.41, 5.74) is 5.35. The molecule has 3 N–H and O–H groups in total. The lowest BCUT2D eigenvalue weighted by molar-refractivity contribution is 0.574. The second-order valence-electron chi connectivity index (χ2n) is 7.91. The molecule has 0 saturated heterocycles. The van der Waals surface area contributed by atoms with Crippen LogP contribution in [0.3, 0.4) is 0 Å². The van der Waals surface area contributed by atoms with Crippen molar-refractivity contribution in [1.29, 1.82) is 0 Å². The van der Waals surface area contributed by atoms with Gasteiger partial charge in [-0.1, -0.05) is 5.10 Å². The molecule has 7 heteroatoms. The Morgan fingerprint density at radius 1 is 1.14 bits per heavy atom. The summed E-state index contributed by atoms with van der Waals surface area (Å²) in [5, 5.41) is 16.1. The first-order valence-corrected chi connectivity index (χ1v) is 10.0. The molecule has 1 aromatic carbocycles. The second kappa shape index (κ2) is 7.33. The Labute approximate surface area is 169 Å². The van der Waals surface area contributed by atoms with Gasteiger partial charge in [-0.25, -0.2) is 0 Å². The number of nitrogens with one attached hydrogen (secondary N) is 3. The van der Waals surface area contributed by atoms with E-state index in [1.165, 1.54) is 18.4 Å². The first-order valence-electron chi connectivity index (χ1n) is 10.0. The quantitative estimate of drug-likeness (QED) is 0.436. The van der Waals surface area contributed by atoms with Crippen LogP contribution in [0.1, 0.15) is 32.3 Å². The maximum absolute atomic E-state index is 5.77. The summed E-state index contributed by atoms with van der Waals surface area (Å²) >= 11 is 0. The number of hydrogen-bond donors (Lipinski definition) is 3. The molecule has 0 bridgehead atoms. The van der Waals surface area contributed by atoms with Crippen molar-refractivity contribution in [3.8, 4) is 22.6 Å². The SMILES string of the molecule is CC(C)Nc1nnc(-c2ccc3[nH]cc(-c4cncc(CNC5CC5)c4)c3c2)o1. The second-order valence-corrected chi connectivity index (χ2v) is 7.91. The number of anilines is 1. The molecule has 7 nitrogen and oxygen atoms in total. The molecule has 0 atom stereocenters. The van der Waals surface area contributed by atoms with Gasteiger partial charge in [-0.05, 0) is 56.5 Å². The molecule has 0 unspecified atom stereocenters. The first-order chi connectivity index (χ1) is 14.2. The van der Waals surface area contributed by atoms with Crippen LogP contribution in [0, 0.1) is 0 Å². The first kappa shape index (κ1) is 17.9. The number of H-pyrrole nitrogens is 1. The average Bonchev–Trinajstić information content (AvgIpc) is 3.27. The predicted molar refractivity (Wildman–Crippen MR) is 113 cm³/mol. The lowest BCUT2D eigenvalue weighted by Gasteiger charge is -2.06. The van der Waals surface area contributed by atoms with Crippen molar-refractivity contribution in [2.24, 2.45) is 0 Å². The van der Waals surface area contributed by atoms with Crippen molar-refractivity contribution in [3.05, 3.63) is 48.4 Å². The van der Waals surface area contributed by atoms with Gasteiger partial charge in [-0.3, -0.25) is 4.98 Å². The van der Waals surface area contributed by atoms with Gasteiger partial charge >= 0.3 is 6.01 Å². The lowest BCUT2D eigenvalue weighted by atomic mass is 10.0. The van der Waals surface area contributed by atoms with Crippen LogP contribution in [-0.4, -0.2) is 32.2 Å². The zero-order chi connectivity index (χ0) is 19.8. The molecular formula is C22H24N6O. The molecule has 29 heavy (non-hydrogen) atoms. The zero-order valence-electron chi connectivity index (χ0n) is 16.6. The van der Waals surface area contributed by atoms with E-state index in [4.69, 9.17) is 4.42 Å². The zero-order valence-corrected chi connectivity index (χ0v) is 16.6. The van der Waals surface area contributed by atoms with Gasteiger partial charge in [-0.2, -0.15) is 0 Å². The highest BCUT2D eigenvalue weighted by atomic mass is 16.4. The van der Waals surface area contributed by atoms with E-state index in [2.05, 4.69) is 42.9 Å². The Hall–Kier alpha value is -3.19. The number of aromatic amines is 1. The van der Waals surface area contributed by atoms with E-state index in [9.17, 15) is 0 Å². The number of nitrogens with zero attached hydrogens (tertiary/aromatic N) is 3. The summed E-state index contributed by atoms with van der Waals surface area (Å²) in [7, 11) is 0. The Morgan fingerprint density at radius 3 is 2.86 bits per heavy atom. The molecule has 1 saturated carbocycles. The van der Waals surface area contributed by atoms with Gasteiger partial charge in [-0.15, -0.1) is 5.10 Å². The van der Waals surface area contributed by atoms with Crippen LogP contribution in [0.25, 0.3) is 33.5 Å². The minimum Gasteiger partial charge on any atom is -0.403 e. The van der Waals surface area contributed by atoms with Crippen LogP contribution in [0.2, 0.25) is 0 Å². The van der Waals surface area contributed by atoms with Gasteiger partial charge in [0, 0.05) is 64.8 Å². The molecule has 5 rings (SSSR count). The highest BCUT2D eigenvalue weighted by molar-refractivity contribution is 5.97. The van der Waals surface area contributed by atoms with Crippen molar-refractivity contribution in [3.63, 3.8) is 0 Å². The minimum atomic E-state index is 0.233. The normalized spacial score (nSPS) is 14.0. The molecule has 148 valence electrons. The van der Waals surface area contributed by atoms with E-state index in [-0.39, 0.29) is 6.04 Å². The topological polar surface area (TPSA) is 91.7 Å². The molecular weight excluding hydrogens is 364 g/mol. The van der Waals surface area contributed by atoms with Gasteiger partial charge < -0.3 is 20.0 Å². The van der Waals surface area contributed by atoms with Crippen LogP contribution in [-0.2, 0) is 6.54 Å². The van der Waals surface area contributed by atoms with E-state index in [1.54, 1.807) is 0 Å². The van der Waals surface area contributed by atoms with E-state index in [1.807, 2.05) is 44.6 Å². The number of pyridine rings is 1. The number of hydrogen-bond acceptors (Lipinski definition) is 6. The minimum absolute atomic E-state index is 0.233. The van der Waals surface area contributed by atoms with Crippen LogP contribution >= 0.6 is 0 Å². The van der Waals surface area contributed by atoms with Crippen LogP contribution in [0.4, 0.5) is 6.01 Å². The van der Waals surface area contributed by atoms with Gasteiger partial charge in [0.05, 0.1) is 0 Å². The predicted octanol–water partition coefficient (Wildman–Crippen LogP) is 4.35. The number of benzene rings is 1. The fraction of sp³-hybridized carbons (Fsp3) is 0.318. The number of rotatable bonds is 7. The van der Waals surface area contributed by atoms with E-state index >= 15 is 0 Å². The molecule has 4 aromatic rings. The summed E-state index contributed by atoms with van der Waals surface area (Å²) in [6, 6.07) is 9.67. The fourth-order valence-corrected chi connectivity index (χ4v) is 3.42. The van der Waals surface area contributed by atoms with E-state index < -0.39 is 0 Å². The molecule has 1 aliphatic rings. The Kier molecular flexibility index (Phi) is 4.52. The fourth-order valence-electron chi connectivity index (χ4n) is 3.42. The Balaban J connectivity index is 1.46. The Morgan fingerprint density at radius 2 is 2.03 bits per heavy atom. The highest BCUT2D eigenvalue weighted by Gasteiger charge is 2.20. The van der Waals surface area contributed by atoms with Crippen molar-refractivity contribution < 1.29 is 4.42 Å². The summed E-state index contributed by atoms with van der Waals surface area (Å²) in [5.74, 6) is 0.503. The van der Waals surface area contributed by atoms with Gasteiger partial charge in [0.25, 0.3) is 0 Å². The average molecular weight is 388 g/mol. The molecule has 0 amide bonds.